The number of aromatic hydroxyl groups is 1. The van der Waals surface area contributed by atoms with Crippen LogP contribution in [0.15, 0.2) is 36.5 Å². The second-order valence-electron chi connectivity index (χ2n) is 12.2. The second-order valence-corrected chi connectivity index (χ2v) is 12.2. The van der Waals surface area contributed by atoms with E-state index in [1.165, 1.54) is 13.0 Å². The Bertz CT molecular complexity index is 1380. The van der Waals surface area contributed by atoms with E-state index in [0.29, 0.717) is 11.3 Å². The minimum absolute atomic E-state index is 0.137. The Kier molecular flexibility index (Phi) is 6.08. The van der Waals surface area contributed by atoms with Gasteiger partial charge in [-0.3, -0.25) is 19.4 Å². The Labute approximate surface area is 225 Å². The lowest BCUT2D eigenvalue weighted by atomic mass is 9.38. The fourth-order valence-electron chi connectivity index (χ4n) is 8.27. The molecule has 39 heavy (non-hydrogen) atoms. The van der Waals surface area contributed by atoms with Crippen LogP contribution in [0, 0.1) is 34.5 Å². The molecular weight excluding hydrogens is 504 g/mol. The van der Waals surface area contributed by atoms with Gasteiger partial charge in [0.15, 0.2) is 17.2 Å². The summed E-state index contributed by atoms with van der Waals surface area (Å²) in [5.74, 6) is -8.11. The summed E-state index contributed by atoms with van der Waals surface area (Å²) in [5.41, 5.74) is 0.590. The third-order valence-corrected chi connectivity index (χ3v) is 9.79. The summed E-state index contributed by atoms with van der Waals surface area (Å²) in [6.07, 6.45) is -3.68. The Morgan fingerprint density at radius 1 is 1.10 bits per heavy atom. The Hall–Kier alpha value is -3.18. The first-order chi connectivity index (χ1) is 18.1. The monoisotopic (exact) mass is 538 g/mol. The first-order valence-electron chi connectivity index (χ1n) is 13.1. The van der Waals surface area contributed by atoms with Gasteiger partial charge in [-0.2, -0.15) is 0 Å². The number of aliphatic hydroxyl groups excluding tert-OH is 3. The number of benzene rings is 1. The maximum atomic E-state index is 14.1. The number of fused-ring (bicyclic) bond motifs is 3. The van der Waals surface area contributed by atoms with Crippen LogP contribution in [-0.4, -0.2) is 65.8 Å². The number of rotatable bonds is 3. The van der Waals surface area contributed by atoms with Crippen molar-refractivity contribution < 1.29 is 39.9 Å². The van der Waals surface area contributed by atoms with Crippen molar-refractivity contribution in [1.29, 1.82) is 0 Å². The number of carbonyl (C=O) groups is 3. The minimum atomic E-state index is -2.65. The van der Waals surface area contributed by atoms with Gasteiger partial charge in [-0.05, 0) is 42.5 Å². The molecule has 3 aliphatic rings. The standard InChI is InChI=1S/C29H34N2O8/c1-12(2)19-22(34)18(26(30)38)24(36)29(39)25(37)20-21(33)17-15(32)9-8-13(14-7-5-6-10-31-14)16(17)23(35)27(20,3)11-28(19,29)4/h5-10,12,18-20,22-23,25,32,34-35,37,39H,11H2,1-4H3,(H2,30,38)/t18-,19+,20-,22?,23-,25?,27-,28-,29+/m1/s1. The number of primary amides is 1. The zero-order valence-electron chi connectivity index (χ0n) is 22.2. The van der Waals surface area contributed by atoms with Gasteiger partial charge in [0.25, 0.3) is 0 Å². The first kappa shape index (κ1) is 27.4. The van der Waals surface area contributed by atoms with Gasteiger partial charge in [-0.25, -0.2) is 0 Å². The third-order valence-electron chi connectivity index (χ3n) is 9.79. The molecule has 1 aromatic heterocycles. The van der Waals surface area contributed by atoms with Crippen LogP contribution in [0.4, 0.5) is 0 Å². The van der Waals surface area contributed by atoms with Crippen LogP contribution in [0.5, 0.6) is 5.75 Å². The number of pyridine rings is 1. The molecule has 10 nitrogen and oxygen atoms in total. The highest BCUT2D eigenvalue weighted by atomic mass is 16.4. The number of aromatic nitrogens is 1. The second kappa shape index (κ2) is 8.66. The van der Waals surface area contributed by atoms with Crippen molar-refractivity contribution in [1.82, 2.24) is 4.98 Å². The molecule has 2 fully saturated rings. The molecule has 9 atom stereocenters. The van der Waals surface area contributed by atoms with Crippen molar-refractivity contribution in [3.05, 3.63) is 47.7 Å². The molecule has 2 unspecified atom stereocenters. The van der Waals surface area contributed by atoms with Crippen LogP contribution >= 0.6 is 0 Å². The maximum Gasteiger partial charge on any atom is 0.230 e. The molecule has 2 saturated carbocycles. The van der Waals surface area contributed by atoms with E-state index in [1.807, 2.05) is 0 Å². The number of hydrogen-bond donors (Lipinski definition) is 6. The van der Waals surface area contributed by atoms with E-state index in [4.69, 9.17) is 5.73 Å². The van der Waals surface area contributed by atoms with Crippen LogP contribution in [0.1, 0.15) is 56.1 Å². The van der Waals surface area contributed by atoms with Crippen LogP contribution in [-0.2, 0) is 9.59 Å². The van der Waals surface area contributed by atoms with Gasteiger partial charge in [0.05, 0.1) is 29.4 Å². The molecule has 1 amide bonds. The first-order valence-corrected chi connectivity index (χ1v) is 13.1. The molecule has 1 heterocycles. The fourth-order valence-corrected chi connectivity index (χ4v) is 8.27. The molecule has 5 rings (SSSR count). The van der Waals surface area contributed by atoms with Crippen molar-refractivity contribution >= 4 is 17.5 Å². The van der Waals surface area contributed by atoms with Crippen LogP contribution in [0.2, 0.25) is 0 Å². The van der Waals surface area contributed by atoms with Crippen molar-refractivity contribution in [3.63, 3.8) is 0 Å². The zero-order valence-corrected chi connectivity index (χ0v) is 22.2. The quantitative estimate of drug-likeness (QED) is 0.311. The van der Waals surface area contributed by atoms with Gasteiger partial charge in [-0.1, -0.05) is 33.8 Å². The van der Waals surface area contributed by atoms with Crippen LogP contribution in [0.3, 0.4) is 0 Å². The average Bonchev–Trinajstić information content (AvgIpc) is 2.85. The number of nitrogens with two attached hydrogens (primary N) is 1. The molecule has 0 bridgehead atoms. The van der Waals surface area contributed by atoms with Gasteiger partial charge < -0.3 is 31.3 Å². The maximum absolute atomic E-state index is 14.1. The summed E-state index contributed by atoms with van der Waals surface area (Å²) < 4.78 is 0. The smallest absolute Gasteiger partial charge is 0.230 e. The molecule has 2 aromatic rings. The minimum Gasteiger partial charge on any atom is -0.507 e. The zero-order chi connectivity index (χ0) is 28.8. The molecule has 208 valence electrons. The van der Waals surface area contributed by atoms with Gasteiger partial charge in [-0.15, -0.1) is 0 Å². The van der Waals surface area contributed by atoms with Crippen molar-refractivity contribution in [2.75, 3.05) is 0 Å². The lowest BCUT2D eigenvalue weighted by Gasteiger charge is -2.67. The number of carbonyl (C=O) groups excluding carboxylic acids is 3. The molecule has 0 spiro atoms. The number of nitrogens with zero attached hydrogens (tertiary/aromatic N) is 1. The Balaban J connectivity index is 1.78. The molecule has 3 aliphatic carbocycles. The molecule has 10 heteroatoms. The largest absolute Gasteiger partial charge is 0.507 e. The highest BCUT2D eigenvalue weighted by molar-refractivity contribution is 6.09. The van der Waals surface area contributed by atoms with E-state index in [9.17, 15) is 39.9 Å². The Morgan fingerprint density at radius 3 is 2.33 bits per heavy atom. The average molecular weight is 539 g/mol. The molecule has 0 saturated heterocycles. The van der Waals surface area contributed by atoms with E-state index >= 15 is 0 Å². The summed E-state index contributed by atoms with van der Waals surface area (Å²) in [6, 6.07) is 8.00. The number of hydrogen-bond acceptors (Lipinski definition) is 9. The number of phenols is 1. The number of ketones is 2. The summed E-state index contributed by atoms with van der Waals surface area (Å²) in [4.78, 5) is 44.5. The highest BCUT2D eigenvalue weighted by Crippen LogP contribution is 2.68. The normalized spacial score (nSPS) is 39.6. The third kappa shape index (κ3) is 3.29. The van der Waals surface area contributed by atoms with E-state index in [1.54, 1.807) is 51.2 Å². The molecule has 0 aliphatic heterocycles. The summed E-state index contributed by atoms with van der Waals surface area (Å²) in [7, 11) is 0. The molecule has 0 radical (unpaired) electrons. The number of aliphatic hydroxyl groups is 4. The van der Waals surface area contributed by atoms with E-state index in [2.05, 4.69) is 4.98 Å². The highest BCUT2D eigenvalue weighted by Gasteiger charge is 2.77. The fraction of sp³-hybridized carbons (Fsp3) is 0.517. The molecule has 1 aromatic carbocycles. The van der Waals surface area contributed by atoms with Gasteiger partial charge in [0.1, 0.15) is 17.8 Å². The van der Waals surface area contributed by atoms with Crippen LogP contribution < -0.4 is 5.73 Å². The molecule has 7 N–H and O–H groups in total. The number of phenolic OH excluding ortho intramolecular Hbond substituents is 1. The number of amides is 1. The van der Waals surface area contributed by atoms with E-state index in [0.717, 1.165) is 0 Å². The van der Waals surface area contributed by atoms with E-state index < -0.39 is 81.6 Å². The number of Topliss-reactive ketones (excluding diaryl/α,β-unsaturated/α-hetero) is 2. The van der Waals surface area contributed by atoms with Crippen molar-refractivity contribution in [3.8, 4) is 17.0 Å². The SMILES string of the molecule is CC(C)[C@H]1C(O)[C@@H](C(N)=O)C(=O)[C@]2(O)C(O)[C@H]3C(=O)c4c(O)ccc(-c5ccccn5)c4[C@@H](O)[C@]3(C)C[C@]12C. The molecular formula is C29H34N2O8. The topological polar surface area (TPSA) is 191 Å². The van der Waals surface area contributed by atoms with Gasteiger partial charge in [0.2, 0.25) is 5.91 Å². The van der Waals surface area contributed by atoms with Crippen molar-refractivity contribution in [2.45, 2.75) is 58.0 Å². The van der Waals surface area contributed by atoms with Gasteiger partial charge >= 0.3 is 0 Å². The van der Waals surface area contributed by atoms with E-state index in [-0.39, 0.29) is 17.5 Å². The van der Waals surface area contributed by atoms with Crippen molar-refractivity contribution in [2.24, 2.45) is 40.2 Å². The Morgan fingerprint density at radius 2 is 1.77 bits per heavy atom. The lowest BCUT2D eigenvalue weighted by molar-refractivity contribution is -0.275. The summed E-state index contributed by atoms with van der Waals surface area (Å²) in [6.45, 7) is 6.64. The summed E-state index contributed by atoms with van der Waals surface area (Å²) >= 11 is 0. The predicted molar refractivity (Wildman–Crippen MR) is 138 cm³/mol. The lowest BCUT2D eigenvalue weighted by Crippen LogP contribution is -2.79. The van der Waals surface area contributed by atoms with Crippen LogP contribution in [0.25, 0.3) is 11.3 Å². The van der Waals surface area contributed by atoms with Gasteiger partial charge in [0, 0.05) is 28.2 Å². The summed E-state index contributed by atoms with van der Waals surface area (Å²) in [5, 5.41) is 58.0. The predicted octanol–water partition coefficient (Wildman–Crippen LogP) is 1.13.